The number of piperidine rings is 1. The molecule has 1 aliphatic heterocycles. The van der Waals surface area contributed by atoms with E-state index in [2.05, 4.69) is 63.7 Å². The molecule has 1 aromatic carbocycles. The van der Waals surface area contributed by atoms with Crippen molar-refractivity contribution in [1.82, 2.24) is 15.5 Å². The third-order valence-corrected chi connectivity index (χ3v) is 4.16. The molecule has 0 radical (unpaired) electrons. The van der Waals surface area contributed by atoms with Crippen LogP contribution in [0.4, 0.5) is 0 Å². The van der Waals surface area contributed by atoms with Gasteiger partial charge in [-0.25, -0.2) is 0 Å². The van der Waals surface area contributed by atoms with Crippen LogP contribution in [-0.4, -0.2) is 43.1 Å². The molecular weight excluding hydrogens is 272 g/mol. The number of nitrogens with one attached hydrogen (secondary N) is 2. The first-order valence-electron chi connectivity index (χ1n) is 7.91. The zero-order chi connectivity index (χ0) is 15.8. The van der Waals surface area contributed by atoms with Gasteiger partial charge in [-0.05, 0) is 25.3 Å². The number of guanidine groups is 1. The number of hydrogen-bond donors (Lipinski definition) is 2. The van der Waals surface area contributed by atoms with E-state index >= 15 is 0 Å². The smallest absolute Gasteiger partial charge is 0.191 e. The highest BCUT2D eigenvalue weighted by molar-refractivity contribution is 5.80. The molecule has 0 bridgehead atoms. The lowest BCUT2D eigenvalue weighted by Crippen LogP contribution is -2.51. The molecule has 2 rings (SSSR count). The molecule has 2 unspecified atom stereocenters. The maximum atomic E-state index is 5.28. The van der Waals surface area contributed by atoms with Crippen LogP contribution >= 0.6 is 0 Å². The van der Waals surface area contributed by atoms with E-state index in [-0.39, 0.29) is 0 Å². The van der Waals surface area contributed by atoms with Crippen molar-refractivity contribution in [3.63, 3.8) is 0 Å². The van der Waals surface area contributed by atoms with E-state index in [1.165, 1.54) is 5.56 Å². The fourth-order valence-corrected chi connectivity index (χ4v) is 2.93. The van der Waals surface area contributed by atoms with Gasteiger partial charge in [0.1, 0.15) is 0 Å². The summed E-state index contributed by atoms with van der Waals surface area (Å²) in [5.74, 6) is 3.37. The number of aliphatic imine (C=N–C) groups is 1. The van der Waals surface area contributed by atoms with Crippen LogP contribution in [0, 0.1) is 12.3 Å². The van der Waals surface area contributed by atoms with Gasteiger partial charge < -0.3 is 10.6 Å². The molecule has 1 aliphatic rings. The molecule has 1 fully saturated rings. The normalized spacial score (nSPS) is 22.9. The van der Waals surface area contributed by atoms with Crippen molar-refractivity contribution in [3.05, 3.63) is 35.9 Å². The summed E-state index contributed by atoms with van der Waals surface area (Å²) in [4.78, 5) is 6.76. The molecule has 0 spiro atoms. The fraction of sp³-hybridized carbons (Fsp3) is 0.500. The predicted molar refractivity (Wildman–Crippen MR) is 92.7 cm³/mol. The van der Waals surface area contributed by atoms with Gasteiger partial charge in [0, 0.05) is 32.2 Å². The lowest BCUT2D eigenvalue weighted by Gasteiger charge is -2.38. The number of benzene rings is 1. The average molecular weight is 298 g/mol. The zero-order valence-corrected chi connectivity index (χ0v) is 13.5. The molecule has 1 saturated heterocycles. The minimum Gasteiger partial charge on any atom is -0.354 e. The van der Waals surface area contributed by atoms with Gasteiger partial charge in [-0.1, -0.05) is 36.3 Å². The molecule has 4 heteroatoms. The van der Waals surface area contributed by atoms with Crippen LogP contribution in [-0.2, 0) is 6.54 Å². The van der Waals surface area contributed by atoms with Crippen molar-refractivity contribution in [2.75, 3.05) is 20.1 Å². The Morgan fingerprint density at radius 2 is 2.18 bits per heavy atom. The highest BCUT2D eigenvalue weighted by Gasteiger charge is 2.25. The Kier molecular flexibility index (Phi) is 6.29. The standard InChI is InChI=1S/C18H26N4/c1-4-11-20-18(19-3)21-17-10-12-22(15(2)13-17)14-16-8-6-5-7-9-16/h1,5-9,15,17H,10-14H2,2-3H3,(H2,19,20,21). The lowest BCUT2D eigenvalue weighted by molar-refractivity contribution is 0.134. The molecule has 0 aromatic heterocycles. The van der Waals surface area contributed by atoms with E-state index in [4.69, 9.17) is 6.42 Å². The lowest BCUT2D eigenvalue weighted by atomic mass is 9.97. The van der Waals surface area contributed by atoms with Gasteiger partial charge in [0.15, 0.2) is 5.96 Å². The molecular formula is C18H26N4. The average Bonchev–Trinajstić information content (AvgIpc) is 2.55. The number of terminal acetylenes is 1. The minimum atomic E-state index is 0.450. The first kappa shape index (κ1) is 16.4. The predicted octanol–water partition coefficient (Wildman–Crippen LogP) is 1.84. The summed E-state index contributed by atoms with van der Waals surface area (Å²) in [7, 11) is 1.78. The molecule has 2 atom stereocenters. The Balaban J connectivity index is 1.83. The molecule has 1 aromatic rings. The second kappa shape index (κ2) is 8.45. The van der Waals surface area contributed by atoms with Crippen LogP contribution < -0.4 is 10.6 Å². The topological polar surface area (TPSA) is 39.7 Å². The van der Waals surface area contributed by atoms with Crippen molar-refractivity contribution in [1.29, 1.82) is 0 Å². The molecule has 0 aliphatic carbocycles. The SMILES string of the molecule is C#CCNC(=NC)NC1CCN(Cc2ccccc2)C(C)C1. The van der Waals surface area contributed by atoms with E-state index in [9.17, 15) is 0 Å². The van der Waals surface area contributed by atoms with E-state index in [0.29, 0.717) is 18.6 Å². The highest BCUT2D eigenvalue weighted by atomic mass is 15.2. The summed E-state index contributed by atoms with van der Waals surface area (Å²) in [5, 5.41) is 6.59. The van der Waals surface area contributed by atoms with Crippen LogP contribution in [0.3, 0.4) is 0 Å². The summed E-state index contributed by atoms with van der Waals surface area (Å²) in [6.45, 7) is 4.93. The Labute approximate surface area is 134 Å². The van der Waals surface area contributed by atoms with E-state index < -0.39 is 0 Å². The summed E-state index contributed by atoms with van der Waals surface area (Å²) in [6.07, 6.45) is 7.51. The molecule has 118 valence electrons. The van der Waals surface area contributed by atoms with Gasteiger partial charge >= 0.3 is 0 Å². The first-order chi connectivity index (χ1) is 10.7. The number of rotatable bonds is 4. The Bertz CT molecular complexity index is 518. The second-order valence-corrected chi connectivity index (χ2v) is 5.80. The third-order valence-electron chi connectivity index (χ3n) is 4.16. The van der Waals surface area contributed by atoms with Crippen LogP contribution in [0.1, 0.15) is 25.3 Å². The van der Waals surface area contributed by atoms with Gasteiger partial charge in [0.2, 0.25) is 0 Å². The quantitative estimate of drug-likeness (QED) is 0.506. The molecule has 0 saturated carbocycles. The van der Waals surface area contributed by atoms with Crippen molar-refractivity contribution >= 4 is 5.96 Å². The number of likely N-dealkylation sites (tertiary alicyclic amines) is 1. The zero-order valence-electron chi connectivity index (χ0n) is 13.5. The van der Waals surface area contributed by atoms with Gasteiger partial charge in [0.05, 0.1) is 6.54 Å². The summed E-state index contributed by atoms with van der Waals surface area (Å²) in [6, 6.07) is 11.7. The number of nitrogens with zero attached hydrogens (tertiary/aromatic N) is 2. The largest absolute Gasteiger partial charge is 0.354 e. The Morgan fingerprint density at radius 3 is 2.82 bits per heavy atom. The van der Waals surface area contributed by atoms with Gasteiger partial charge in [-0.3, -0.25) is 9.89 Å². The summed E-state index contributed by atoms with van der Waals surface area (Å²) >= 11 is 0. The van der Waals surface area contributed by atoms with Crippen molar-refractivity contribution in [3.8, 4) is 12.3 Å². The second-order valence-electron chi connectivity index (χ2n) is 5.80. The Morgan fingerprint density at radius 1 is 1.41 bits per heavy atom. The van der Waals surface area contributed by atoms with Crippen LogP contribution in [0.2, 0.25) is 0 Å². The molecule has 0 amide bonds. The van der Waals surface area contributed by atoms with Crippen molar-refractivity contribution < 1.29 is 0 Å². The summed E-state index contributed by atoms with van der Waals surface area (Å²) in [5.41, 5.74) is 1.38. The minimum absolute atomic E-state index is 0.450. The molecule has 22 heavy (non-hydrogen) atoms. The molecule has 2 N–H and O–H groups in total. The monoisotopic (exact) mass is 298 g/mol. The van der Waals surface area contributed by atoms with E-state index in [1.54, 1.807) is 7.05 Å². The maximum absolute atomic E-state index is 5.28. The molecule has 1 heterocycles. The number of hydrogen-bond acceptors (Lipinski definition) is 2. The van der Waals surface area contributed by atoms with E-state index in [1.807, 2.05) is 0 Å². The van der Waals surface area contributed by atoms with Crippen molar-refractivity contribution in [2.24, 2.45) is 4.99 Å². The Hall–Kier alpha value is -1.99. The fourth-order valence-electron chi connectivity index (χ4n) is 2.93. The maximum Gasteiger partial charge on any atom is 0.191 e. The van der Waals surface area contributed by atoms with E-state index in [0.717, 1.165) is 31.9 Å². The van der Waals surface area contributed by atoms with Gasteiger partial charge in [-0.2, -0.15) is 0 Å². The van der Waals surface area contributed by atoms with Crippen molar-refractivity contribution in [2.45, 2.75) is 38.4 Å². The highest BCUT2D eigenvalue weighted by Crippen LogP contribution is 2.19. The summed E-state index contributed by atoms with van der Waals surface area (Å²) < 4.78 is 0. The van der Waals surface area contributed by atoms with Crippen LogP contribution in [0.15, 0.2) is 35.3 Å². The molecule has 4 nitrogen and oxygen atoms in total. The van der Waals surface area contributed by atoms with Crippen LogP contribution in [0.25, 0.3) is 0 Å². The van der Waals surface area contributed by atoms with Gasteiger partial charge in [-0.15, -0.1) is 6.42 Å². The third kappa shape index (κ3) is 4.78. The van der Waals surface area contributed by atoms with Gasteiger partial charge in [0.25, 0.3) is 0 Å². The first-order valence-corrected chi connectivity index (χ1v) is 7.91. The van der Waals surface area contributed by atoms with Crippen LogP contribution in [0.5, 0.6) is 0 Å².